The first-order chi connectivity index (χ1) is 12.2. The number of halogens is 1. The average Bonchev–Trinajstić information content (AvgIpc) is 2.57. The molecule has 1 aliphatic heterocycles. The van der Waals surface area contributed by atoms with E-state index in [1.165, 1.54) is 38.2 Å². The molecule has 2 amide bonds. The molecule has 3 N–H and O–H groups in total. The van der Waals surface area contributed by atoms with Gasteiger partial charge in [0.1, 0.15) is 0 Å². The molecule has 0 spiro atoms. The number of likely N-dealkylation sites (N-methyl/N-ethyl adjacent to an activating group) is 1. The number of sulfonamides is 1. The van der Waals surface area contributed by atoms with Crippen molar-refractivity contribution in [3.05, 3.63) is 24.3 Å². The SMILES string of the molecule is CC(=O)Nc1ccc(S(=O)(=O)N(C)CC(=O)NC2CCNCC2C)cc1.Cl. The number of hydrogen-bond donors (Lipinski definition) is 3. The van der Waals surface area contributed by atoms with Crippen molar-refractivity contribution < 1.29 is 18.0 Å². The van der Waals surface area contributed by atoms with E-state index in [1.807, 2.05) is 6.92 Å². The predicted molar refractivity (Wildman–Crippen MR) is 106 cm³/mol. The van der Waals surface area contributed by atoms with Gasteiger partial charge in [-0.3, -0.25) is 9.59 Å². The van der Waals surface area contributed by atoms with E-state index in [2.05, 4.69) is 16.0 Å². The van der Waals surface area contributed by atoms with Gasteiger partial charge >= 0.3 is 0 Å². The summed E-state index contributed by atoms with van der Waals surface area (Å²) in [6.45, 7) is 4.85. The maximum absolute atomic E-state index is 12.6. The molecule has 0 radical (unpaired) electrons. The summed E-state index contributed by atoms with van der Waals surface area (Å²) in [6.07, 6.45) is 0.827. The van der Waals surface area contributed by atoms with Crippen LogP contribution >= 0.6 is 12.4 Å². The third-order valence-corrected chi connectivity index (χ3v) is 6.20. The highest BCUT2D eigenvalue weighted by Crippen LogP contribution is 2.17. The number of carbonyl (C=O) groups is 2. The molecule has 0 saturated carbocycles. The first-order valence-electron chi connectivity index (χ1n) is 8.54. The lowest BCUT2D eigenvalue weighted by atomic mass is 9.95. The normalized spacial score (nSPS) is 19.9. The highest BCUT2D eigenvalue weighted by Gasteiger charge is 2.26. The Morgan fingerprint density at radius 1 is 1.26 bits per heavy atom. The summed E-state index contributed by atoms with van der Waals surface area (Å²) in [7, 11) is -2.41. The zero-order valence-corrected chi connectivity index (χ0v) is 17.3. The number of piperidine rings is 1. The number of rotatable bonds is 6. The molecular formula is C17H27ClN4O4S. The van der Waals surface area contributed by atoms with Gasteiger partial charge in [-0.25, -0.2) is 8.42 Å². The molecule has 1 fully saturated rings. The van der Waals surface area contributed by atoms with Crippen LogP contribution < -0.4 is 16.0 Å². The number of carbonyl (C=O) groups excluding carboxylic acids is 2. The van der Waals surface area contributed by atoms with E-state index in [0.717, 1.165) is 23.8 Å². The standard InChI is InChI=1S/C17H26N4O4S.ClH/c1-12-10-18-9-8-16(12)20-17(23)11-21(3)26(24,25)15-6-4-14(5-7-15)19-13(2)22;/h4-7,12,16,18H,8-11H2,1-3H3,(H,19,22)(H,20,23);1H. The highest BCUT2D eigenvalue weighted by atomic mass is 35.5. The summed E-state index contributed by atoms with van der Waals surface area (Å²) in [5.41, 5.74) is 0.511. The summed E-state index contributed by atoms with van der Waals surface area (Å²) < 4.78 is 26.2. The Labute approximate surface area is 166 Å². The van der Waals surface area contributed by atoms with E-state index in [1.54, 1.807) is 0 Å². The Morgan fingerprint density at radius 3 is 2.44 bits per heavy atom. The fraction of sp³-hybridized carbons (Fsp3) is 0.529. The zero-order chi connectivity index (χ0) is 19.3. The molecule has 10 heteroatoms. The van der Waals surface area contributed by atoms with E-state index >= 15 is 0 Å². The molecule has 2 rings (SSSR count). The smallest absolute Gasteiger partial charge is 0.243 e. The number of nitrogens with one attached hydrogen (secondary N) is 3. The molecule has 27 heavy (non-hydrogen) atoms. The molecule has 1 heterocycles. The maximum Gasteiger partial charge on any atom is 0.243 e. The minimum atomic E-state index is -3.79. The zero-order valence-electron chi connectivity index (χ0n) is 15.7. The van der Waals surface area contributed by atoms with Gasteiger partial charge in [0.15, 0.2) is 0 Å². The van der Waals surface area contributed by atoms with Crippen molar-refractivity contribution in [2.45, 2.75) is 31.2 Å². The number of amides is 2. The van der Waals surface area contributed by atoms with Gasteiger partial charge in [-0.2, -0.15) is 4.31 Å². The molecule has 152 valence electrons. The molecule has 1 saturated heterocycles. The van der Waals surface area contributed by atoms with Crippen LogP contribution in [0, 0.1) is 5.92 Å². The van der Waals surface area contributed by atoms with E-state index in [-0.39, 0.29) is 41.7 Å². The fourth-order valence-electron chi connectivity index (χ4n) is 2.86. The van der Waals surface area contributed by atoms with Crippen LogP contribution in [0.2, 0.25) is 0 Å². The van der Waals surface area contributed by atoms with E-state index in [0.29, 0.717) is 11.6 Å². The third kappa shape index (κ3) is 6.46. The Kier molecular flexibility index (Phi) is 8.67. The monoisotopic (exact) mass is 418 g/mol. The van der Waals surface area contributed by atoms with Gasteiger partial charge in [0, 0.05) is 25.7 Å². The number of nitrogens with zero attached hydrogens (tertiary/aromatic N) is 1. The third-order valence-electron chi connectivity index (χ3n) is 4.38. The van der Waals surface area contributed by atoms with Crippen LogP contribution in [0.3, 0.4) is 0 Å². The first-order valence-corrected chi connectivity index (χ1v) is 9.98. The highest BCUT2D eigenvalue weighted by molar-refractivity contribution is 7.89. The predicted octanol–water partition coefficient (Wildman–Crippen LogP) is 0.802. The first kappa shape index (κ1) is 23.4. The fourth-order valence-corrected chi connectivity index (χ4v) is 3.99. The Bertz CT molecular complexity index is 755. The summed E-state index contributed by atoms with van der Waals surface area (Å²) in [5, 5.41) is 8.76. The van der Waals surface area contributed by atoms with Crippen LogP contribution in [-0.2, 0) is 19.6 Å². The van der Waals surface area contributed by atoms with Crippen LogP contribution in [0.15, 0.2) is 29.2 Å². The van der Waals surface area contributed by atoms with E-state index < -0.39 is 10.0 Å². The molecule has 1 aliphatic rings. The summed E-state index contributed by atoms with van der Waals surface area (Å²) in [5.74, 6) is -0.248. The van der Waals surface area contributed by atoms with Crippen molar-refractivity contribution >= 4 is 39.9 Å². The van der Waals surface area contributed by atoms with Crippen LogP contribution in [0.4, 0.5) is 5.69 Å². The lowest BCUT2D eigenvalue weighted by Crippen LogP contribution is -2.50. The van der Waals surface area contributed by atoms with Crippen LogP contribution in [-0.4, -0.2) is 57.3 Å². The van der Waals surface area contributed by atoms with E-state index in [4.69, 9.17) is 0 Å². The molecule has 2 atom stereocenters. The Morgan fingerprint density at radius 2 is 1.89 bits per heavy atom. The number of hydrogen-bond acceptors (Lipinski definition) is 5. The number of benzene rings is 1. The molecule has 1 aromatic carbocycles. The van der Waals surface area contributed by atoms with Crippen molar-refractivity contribution in [1.29, 1.82) is 0 Å². The average molecular weight is 419 g/mol. The molecule has 0 bridgehead atoms. The molecule has 8 nitrogen and oxygen atoms in total. The second kappa shape index (κ2) is 10.0. The van der Waals surface area contributed by atoms with Crippen molar-refractivity contribution in [2.75, 3.05) is 32.0 Å². The van der Waals surface area contributed by atoms with Crippen molar-refractivity contribution in [2.24, 2.45) is 5.92 Å². The van der Waals surface area contributed by atoms with Crippen molar-refractivity contribution in [1.82, 2.24) is 14.9 Å². The van der Waals surface area contributed by atoms with Gasteiger partial charge in [-0.05, 0) is 49.7 Å². The second-order valence-corrected chi connectivity index (χ2v) is 8.66. The lowest BCUT2D eigenvalue weighted by molar-refractivity contribution is -0.122. The molecular weight excluding hydrogens is 392 g/mol. The lowest BCUT2D eigenvalue weighted by Gasteiger charge is -2.30. The topological polar surface area (TPSA) is 108 Å². The summed E-state index contributed by atoms with van der Waals surface area (Å²) in [6, 6.07) is 5.89. The maximum atomic E-state index is 12.6. The van der Waals surface area contributed by atoms with Crippen LogP contribution in [0.1, 0.15) is 20.3 Å². The van der Waals surface area contributed by atoms with Gasteiger partial charge in [0.25, 0.3) is 0 Å². The van der Waals surface area contributed by atoms with Crippen molar-refractivity contribution in [3.8, 4) is 0 Å². The van der Waals surface area contributed by atoms with Gasteiger partial charge in [0.05, 0.1) is 11.4 Å². The summed E-state index contributed by atoms with van der Waals surface area (Å²) >= 11 is 0. The minimum absolute atomic E-state index is 0. The van der Waals surface area contributed by atoms with Crippen LogP contribution in [0.5, 0.6) is 0 Å². The van der Waals surface area contributed by atoms with Gasteiger partial charge in [-0.1, -0.05) is 6.92 Å². The van der Waals surface area contributed by atoms with Crippen LogP contribution in [0.25, 0.3) is 0 Å². The molecule has 1 aromatic rings. The largest absolute Gasteiger partial charge is 0.352 e. The van der Waals surface area contributed by atoms with Gasteiger partial charge in [0.2, 0.25) is 21.8 Å². The Balaban J connectivity index is 0.00000364. The minimum Gasteiger partial charge on any atom is -0.352 e. The van der Waals surface area contributed by atoms with Gasteiger partial charge in [-0.15, -0.1) is 12.4 Å². The Hall–Kier alpha value is -1.68. The number of anilines is 1. The molecule has 0 aromatic heterocycles. The van der Waals surface area contributed by atoms with Gasteiger partial charge < -0.3 is 16.0 Å². The van der Waals surface area contributed by atoms with Crippen molar-refractivity contribution in [3.63, 3.8) is 0 Å². The van der Waals surface area contributed by atoms with E-state index in [9.17, 15) is 18.0 Å². The molecule has 0 aliphatic carbocycles. The summed E-state index contributed by atoms with van der Waals surface area (Å²) in [4.78, 5) is 23.3. The second-order valence-electron chi connectivity index (χ2n) is 6.61. The molecule has 2 unspecified atom stereocenters. The quantitative estimate of drug-likeness (QED) is 0.633.